The predicted molar refractivity (Wildman–Crippen MR) is 41.2 cm³/mol. The van der Waals surface area contributed by atoms with Crippen molar-refractivity contribution < 1.29 is 22.3 Å². The molecule has 1 rings (SSSR count). The molecular formula is C8H7F4NO. The molecule has 0 aromatic heterocycles. The molecule has 2 N–H and O–H groups in total. The number of para-hydroxylation sites is 1. The Balaban J connectivity index is 2.79. The highest BCUT2D eigenvalue weighted by atomic mass is 19.4. The molecule has 1 aromatic carbocycles. The molecule has 6 heteroatoms. The van der Waals surface area contributed by atoms with E-state index >= 15 is 0 Å². The summed E-state index contributed by atoms with van der Waals surface area (Å²) in [5.41, 5.74) is 4.31. The number of ether oxygens (including phenoxy) is 1. The van der Waals surface area contributed by atoms with Crippen LogP contribution in [0.3, 0.4) is 0 Å². The number of halogens is 4. The summed E-state index contributed by atoms with van der Waals surface area (Å²) >= 11 is 0. The van der Waals surface area contributed by atoms with E-state index in [1.165, 1.54) is 24.3 Å². The molecule has 14 heavy (non-hydrogen) atoms. The van der Waals surface area contributed by atoms with E-state index in [2.05, 4.69) is 10.5 Å². The summed E-state index contributed by atoms with van der Waals surface area (Å²) in [5, 5.41) is 0. The molecule has 1 aromatic rings. The number of nitrogens with two attached hydrogens (primary N) is 1. The molecular weight excluding hydrogens is 202 g/mol. The summed E-state index contributed by atoms with van der Waals surface area (Å²) in [6.45, 7) is 0. The van der Waals surface area contributed by atoms with Crippen molar-refractivity contribution in [3.8, 4) is 5.75 Å². The summed E-state index contributed by atoms with van der Waals surface area (Å²) in [7, 11) is 0. The maximum atomic E-state index is 12.7. The lowest BCUT2D eigenvalue weighted by Crippen LogP contribution is -2.54. The van der Waals surface area contributed by atoms with Gasteiger partial charge in [-0.05, 0) is 12.1 Å². The first-order valence-corrected chi connectivity index (χ1v) is 3.61. The predicted octanol–water partition coefficient (Wildman–Crippen LogP) is 2.21. The van der Waals surface area contributed by atoms with Crippen LogP contribution < -0.4 is 10.5 Å². The maximum absolute atomic E-state index is 12.7. The Labute approximate surface area is 77.3 Å². The van der Waals surface area contributed by atoms with Gasteiger partial charge in [0, 0.05) is 0 Å². The van der Waals surface area contributed by atoms with E-state index in [1.807, 2.05) is 0 Å². The summed E-state index contributed by atoms with van der Waals surface area (Å²) in [5.74, 6) is -4.44. The normalized spacial score (nSPS) is 16.1. The third kappa shape index (κ3) is 2.35. The molecule has 0 saturated heterocycles. The Kier molecular flexibility index (Phi) is 2.66. The highest BCUT2D eigenvalue weighted by Gasteiger charge is 2.56. The summed E-state index contributed by atoms with van der Waals surface area (Å²) in [4.78, 5) is 0. The van der Waals surface area contributed by atoms with Crippen LogP contribution in [0.25, 0.3) is 0 Å². The SMILES string of the molecule is NC(F)(Oc1ccccc1)C(F)(F)F. The van der Waals surface area contributed by atoms with Crippen LogP contribution in [0.1, 0.15) is 0 Å². The summed E-state index contributed by atoms with van der Waals surface area (Å²) in [6, 6.07) is 6.71. The Morgan fingerprint density at radius 1 is 1.00 bits per heavy atom. The minimum absolute atomic E-state index is 0.283. The largest absolute Gasteiger partial charge is 0.477 e. The Hall–Kier alpha value is -1.30. The highest BCUT2D eigenvalue weighted by Crippen LogP contribution is 2.31. The van der Waals surface area contributed by atoms with Gasteiger partial charge in [-0.15, -0.1) is 0 Å². The Morgan fingerprint density at radius 3 is 1.93 bits per heavy atom. The van der Waals surface area contributed by atoms with Crippen molar-refractivity contribution in [3.63, 3.8) is 0 Å². The second-order valence-electron chi connectivity index (χ2n) is 2.56. The van der Waals surface area contributed by atoms with Gasteiger partial charge in [0.25, 0.3) is 0 Å². The van der Waals surface area contributed by atoms with E-state index in [0.717, 1.165) is 0 Å². The highest BCUT2D eigenvalue weighted by molar-refractivity contribution is 5.21. The van der Waals surface area contributed by atoms with Crippen LogP contribution in [0.5, 0.6) is 5.75 Å². The van der Waals surface area contributed by atoms with Gasteiger partial charge in [0.15, 0.2) is 0 Å². The molecule has 0 heterocycles. The number of alkyl halides is 4. The zero-order valence-corrected chi connectivity index (χ0v) is 6.88. The third-order valence-electron chi connectivity index (χ3n) is 1.40. The molecule has 0 bridgehead atoms. The third-order valence-corrected chi connectivity index (χ3v) is 1.40. The van der Waals surface area contributed by atoms with Crippen molar-refractivity contribution in [1.29, 1.82) is 0 Å². The van der Waals surface area contributed by atoms with E-state index in [-0.39, 0.29) is 5.75 Å². The van der Waals surface area contributed by atoms with Gasteiger partial charge >= 0.3 is 12.2 Å². The van der Waals surface area contributed by atoms with Crippen LogP contribution in [0.2, 0.25) is 0 Å². The van der Waals surface area contributed by atoms with Crippen LogP contribution in [-0.4, -0.2) is 12.2 Å². The van der Waals surface area contributed by atoms with Gasteiger partial charge in [0.05, 0.1) is 0 Å². The van der Waals surface area contributed by atoms with Crippen LogP contribution in [0.4, 0.5) is 17.6 Å². The van der Waals surface area contributed by atoms with Gasteiger partial charge in [0.1, 0.15) is 5.75 Å². The first kappa shape index (κ1) is 10.8. The van der Waals surface area contributed by atoms with Crippen LogP contribution >= 0.6 is 0 Å². The van der Waals surface area contributed by atoms with E-state index in [4.69, 9.17) is 0 Å². The summed E-state index contributed by atoms with van der Waals surface area (Å²) in [6.07, 6.45) is -5.26. The Bertz CT molecular complexity index is 296. The van der Waals surface area contributed by atoms with Gasteiger partial charge in [-0.3, -0.25) is 5.73 Å². The number of benzene rings is 1. The molecule has 0 spiro atoms. The monoisotopic (exact) mass is 209 g/mol. The van der Waals surface area contributed by atoms with Crippen molar-refractivity contribution in [2.24, 2.45) is 5.73 Å². The summed E-state index contributed by atoms with van der Waals surface area (Å²) < 4.78 is 52.3. The molecule has 2 nitrogen and oxygen atoms in total. The van der Waals surface area contributed by atoms with Gasteiger partial charge in [-0.25, -0.2) is 0 Å². The van der Waals surface area contributed by atoms with Gasteiger partial charge in [-0.1, -0.05) is 18.2 Å². The van der Waals surface area contributed by atoms with Crippen molar-refractivity contribution >= 4 is 0 Å². The molecule has 0 aliphatic carbocycles. The van der Waals surface area contributed by atoms with E-state index in [1.54, 1.807) is 6.07 Å². The zero-order valence-electron chi connectivity index (χ0n) is 6.88. The molecule has 1 atom stereocenters. The second kappa shape index (κ2) is 3.45. The molecule has 0 fully saturated rings. The molecule has 78 valence electrons. The smallest absolute Gasteiger partial charge is 0.439 e. The fraction of sp³-hybridized carbons (Fsp3) is 0.250. The standard InChI is InChI=1S/C8H7F4NO/c9-7(10,11)8(12,13)14-6-4-2-1-3-5-6/h1-5H,13H2. The minimum Gasteiger partial charge on any atom is -0.439 e. The van der Waals surface area contributed by atoms with Crippen molar-refractivity contribution in [2.75, 3.05) is 0 Å². The van der Waals surface area contributed by atoms with Crippen molar-refractivity contribution in [3.05, 3.63) is 30.3 Å². The lowest BCUT2D eigenvalue weighted by Gasteiger charge is -2.23. The number of rotatable bonds is 2. The van der Waals surface area contributed by atoms with Crippen molar-refractivity contribution in [1.82, 2.24) is 0 Å². The second-order valence-corrected chi connectivity index (χ2v) is 2.56. The molecule has 0 amide bonds. The van der Waals surface area contributed by atoms with E-state index in [9.17, 15) is 17.6 Å². The van der Waals surface area contributed by atoms with Crippen LogP contribution in [0, 0.1) is 0 Å². The Morgan fingerprint density at radius 2 is 1.50 bits per heavy atom. The maximum Gasteiger partial charge on any atom is 0.477 e. The van der Waals surface area contributed by atoms with Gasteiger partial charge in [0.2, 0.25) is 0 Å². The molecule has 1 unspecified atom stereocenters. The zero-order chi connectivity index (χ0) is 10.8. The van der Waals surface area contributed by atoms with Crippen molar-refractivity contribution in [2.45, 2.75) is 12.2 Å². The lowest BCUT2D eigenvalue weighted by atomic mass is 10.3. The fourth-order valence-corrected chi connectivity index (χ4v) is 0.718. The average Bonchev–Trinajstić information content (AvgIpc) is 2.03. The molecule has 0 aliphatic rings. The van der Waals surface area contributed by atoms with E-state index in [0.29, 0.717) is 0 Å². The van der Waals surface area contributed by atoms with Gasteiger partial charge < -0.3 is 4.74 Å². The molecule has 0 radical (unpaired) electrons. The molecule has 0 saturated carbocycles. The minimum atomic E-state index is -5.26. The lowest BCUT2D eigenvalue weighted by molar-refractivity contribution is -0.299. The van der Waals surface area contributed by atoms with E-state index < -0.39 is 12.2 Å². The van der Waals surface area contributed by atoms with Crippen LogP contribution in [0.15, 0.2) is 30.3 Å². The number of hydrogen-bond donors (Lipinski definition) is 1. The fourth-order valence-electron chi connectivity index (χ4n) is 0.718. The average molecular weight is 209 g/mol. The molecule has 0 aliphatic heterocycles. The first-order valence-electron chi connectivity index (χ1n) is 3.61. The topological polar surface area (TPSA) is 35.2 Å². The first-order chi connectivity index (χ1) is 6.33. The number of hydrogen-bond acceptors (Lipinski definition) is 2. The van der Waals surface area contributed by atoms with Gasteiger partial charge in [-0.2, -0.15) is 17.6 Å². The van der Waals surface area contributed by atoms with Crippen LogP contribution in [-0.2, 0) is 0 Å². The quantitative estimate of drug-likeness (QED) is 0.460.